The smallest absolute Gasteiger partial charge is 0.191 e. The number of morpholine rings is 1. The highest BCUT2D eigenvalue weighted by molar-refractivity contribution is 5.79. The van der Waals surface area contributed by atoms with E-state index in [0.717, 1.165) is 41.5 Å². The number of ether oxygens (including phenoxy) is 2. The maximum Gasteiger partial charge on any atom is 0.191 e. The standard InChI is InChI=1S/C23H31FN4O2/c1-17-4-5-18(14-22(17)29-3)15-26-23(25-2)27-16-21(28-10-12-30-13-11-28)19-6-8-20(24)9-7-19/h4-9,14,21H,10-13,15-16H2,1-3H3,(H2,25,26,27). The zero-order valence-corrected chi connectivity index (χ0v) is 18.0. The highest BCUT2D eigenvalue weighted by Gasteiger charge is 2.23. The summed E-state index contributed by atoms with van der Waals surface area (Å²) in [7, 11) is 3.44. The zero-order chi connectivity index (χ0) is 21.3. The SMILES string of the molecule is CN=C(NCc1ccc(C)c(OC)c1)NCC(c1ccc(F)cc1)N1CCOCC1. The summed E-state index contributed by atoms with van der Waals surface area (Å²) in [6, 6.07) is 13.0. The van der Waals surface area contributed by atoms with Crippen LogP contribution in [0.25, 0.3) is 0 Å². The van der Waals surface area contributed by atoms with Crippen LogP contribution in [0.15, 0.2) is 47.5 Å². The van der Waals surface area contributed by atoms with Gasteiger partial charge >= 0.3 is 0 Å². The number of halogens is 1. The second-order valence-electron chi connectivity index (χ2n) is 7.33. The van der Waals surface area contributed by atoms with Crippen LogP contribution in [-0.2, 0) is 11.3 Å². The predicted octanol–water partition coefficient (Wildman–Crippen LogP) is 2.88. The van der Waals surface area contributed by atoms with Gasteiger partial charge in [0, 0.05) is 33.2 Å². The van der Waals surface area contributed by atoms with Gasteiger partial charge in [-0.25, -0.2) is 4.39 Å². The predicted molar refractivity (Wildman–Crippen MR) is 117 cm³/mol. The molecular formula is C23H31FN4O2. The van der Waals surface area contributed by atoms with E-state index in [-0.39, 0.29) is 11.9 Å². The Morgan fingerprint density at radius 1 is 1.17 bits per heavy atom. The molecule has 2 aromatic rings. The number of hydrogen-bond acceptors (Lipinski definition) is 4. The average Bonchev–Trinajstić information content (AvgIpc) is 2.78. The van der Waals surface area contributed by atoms with Crippen LogP contribution in [0, 0.1) is 12.7 Å². The van der Waals surface area contributed by atoms with Crippen molar-refractivity contribution in [1.29, 1.82) is 0 Å². The van der Waals surface area contributed by atoms with E-state index in [9.17, 15) is 4.39 Å². The van der Waals surface area contributed by atoms with Crippen molar-refractivity contribution in [2.24, 2.45) is 4.99 Å². The van der Waals surface area contributed by atoms with Gasteiger partial charge in [-0.2, -0.15) is 0 Å². The summed E-state index contributed by atoms with van der Waals surface area (Å²) < 4.78 is 24.3. The Kier molecular flexibility index (Phi) is 8.04. The number of aliphatic imine (C=N–C) groups is 1. The fraction of sp³-hybridized carbons (Fsp3) is 0.435. The summed E-state index contributed by atoms with van der Waals surface area (Å²) in [6.45, 7) is 6.42. The first kappa shape index (κ1) is 22.1. The topological polar surface area (TPSA) is 58.1 Å². The van der Waals surface area contributed by atoms with Crippen LogP contribution >= 0.6 is 0 Å². The van der Waals surface area contributed by atoms with Crippen molar-refractivity contribution >= 4 is 5.96 Å². The molecule has 3 rings (SSSR count). The van der Waals surface area contributed by atoms with Crippen LogP contribution in [0.2, 0.25) is 0 Å². The number of hydrogen-bond donors (Lipinski definition) is 2. The largest absolute Gasteiger partial charge is 0.496 e. The van der Waals surface area contributed by atoms with Crippen LogP contribution < -0.4 is 15.4 Å². The van der Waals surface area contributed by atoms with Gasteiger partial charge in [0.1, 0.15) is 11.6 Å². The lowest BCUT2D eigenvalue weighted by Crippen LogP contribution is -2.46. The average molecular weight is 415 g/mol. The highest BCUT2D eigenvalue weighted by atomic mass is 19.1. The Morgan fingerprint density at radius 2 is 1.90 bits per heavy atom. The minimum Gasteiger partial charge on any atom is -0.496 e. The second kappa shape index (κ2) is 10.9. The molecule has 0 saturated carbocycles. The summed E-state index contributed by atoms with van der Waals surface area (Å²) in [5, 5.41) is 6.78. The quantitative estimate of drug-likeness (QED) is 0.539. The van der Waals surface area contributed by atoms with E-state index in [2.05, 4.69) is 32.7 Å². The molecule has 1 fully saturated rings. The van der Waals surface area contributed by atoms with Crippen LogP contribution in [0.3, 0.4) is 0 Å². The van der Waals surface area contributed by atoms with E-state index < -0.39 is 0 Å². The van der Waals surface area contributed by atoms with Gasteiger partial charge < -0.3 is 20.1 Å². The Labute approximate surface area is 178 Å². The van der Waals surface area contributed by atoms with Gasteiger partial charge in [-0.1, -0.05) is 24.3 Å². The molecule has 30 heavy (non-hydrogen) atoms. The Hall–Kier alpha value is -2.64. The number of rotatable bonds is 7. The first-order valence-electron chi connectivity index (χ1n) is 10.3. The summed E-state index contributed by atoms with van der Waals surface area (Å²) in [5.74, 6) is 1.37. The molecule has 0 aliphatic carbocycles. The maximum absolute atomic E-state index is 13.4. The summed E-state index contributed by atoms with van der Waals surface area (Å²) >= 11 is 0. The molecule has 1 saturated heterocycles. The highest BCUT2D eigenvalue weighted by Crippen LogP contribution is 2.22. The zero-order valence-electron chi connectivity index (χ0n) is 18.0. The number of methoxy groups -OCH3 is 1. The van der Waals surface area contributed by atoms with Gasteiger partial charge in [0.25, 0.3) is 0 Å². The fourth-order valence-corrected chi connectivity index (χ4v) is 3.61. The molecule has 1 unspecified atom stereocenters. The molecule has 2 N–H and O–H groups in total. The number of aryl methyl sites for hydroxylation is 1. The van der Waals surface area contributed by atoms with E-state index in [1.54, 1.807) is 14.2 Å². The molecule has 0 bridgehead atoms. The van der Waals surface area contributed by atoms with E-state index in [1.807, 2.05) is 25.1 Å². The van der Waals surface area contributed by atoms with Crippen molar-refractivity contribution in [3.8, 4) is 5.75 Å². The Balaban J connectivity index is 1.63. The van der Waals surface area contributed by atoms with Crippen LogP contribution in [-0.4, -0.2) is 57.9 Å². The lowest BCUT2D eigenvalue weighted by atomic mass is 10.0. The molecule has 7 heteroatoms. The monoisotopic (exact) mass is 414 g/mol. The molecule has 0 radical (unpaired) electrons. The van der Waals surface area contributed by atoms with Gasteiger partial charge in [-0.3, -0.25) is 9.89 Å². The fourth-order valence-electron chi connectivity index (χ4n) is 3.61. The number of benzene rings is 2. The third kappa shape index (κ3) is 5.93. The molecule has 1 aliphatic heterocycles. The molecule has 2 aromatic carbocycles. The minimum absolute atomic E-state index is 0.104. The van der Waals surface area contributed by atoms with Crippen molar-refractivity contribution < 1.29 is 13.9 Å². The van der Waals surface area contributed by atoms with Crippen molar-refractivity contribution in [3.63, 3.8) is 0 Å². The molecule has 6 nitrogen and oxygen atoms in total. The van der Waals surface area contributed by atoms with Crippen molar-refractivity contribution in [3.05, 3.63) is 65.0 Å². The molecule has 1 aliphatic rings. The third-order valence-corrected chi connectivity index (χ3v) is 5.36. The normalized spacial score (nSPS) is 16.2. The Bertz CT molecular complexity index is 836. The van der Waals surface area contributed by atoms with Crippen molar-refractivity contribution in [2.75, 3.05) is 47.0 Å². The lowest BCUT2D eigenvalue weighted by Gasteiger charge is -2.35. The molecule has 1 heterocycles. The molecular weight excluding hydrogens is 383 g/mol. The van der Waals surface area contributed by atoms with Crippen molar-refractivity contribution in [1.82, 2.24) is 15.5 Å². The maximum atomic E-state index is 13.4. The van der Waals surface area contributed by atoms with Gasteiger partial charge in [0.15, 0.2) is 5.96 Å². The van der Waals surface area contributed by atoms with Crippen LogP contribution in [0.5, 0.6) is 5.75 Å². The molecule has 0 spiro atoms. The summed E-state index contributed by atoms with van der Waals surface area (Å²) in [6.07, 6.45) is 0. The number of guanidine groups is 1. The van der Waals surface area contributed by atoms with Gasteiger partial charge in [0.05, 0.1) is 26.4 Å². The van der Waals surface area contributed by atoms with Gasteiger partial charge in [-0.05, 0) is 41.8 Å². The first-order chi connectivity index (χ1) is 14.6. The summed E-state index contributed by atoms with van der Waals surface area (Å²) in [5.41, 5.74) is 3.30. The van der Waals surface area contributed by atoms with E-state index in [1.165, 1.54) is 12.1 Å². The number of nitrogens with one attached hydrogen (secondary N) is 2. The van der Waals surface area contributed by atoms with E-state index in [4.69, 9.17) is 9.47 Å². The molecule has 1 atom stereocenters. The lowest BCUT2D eigenvalue weighted by molar-refractivity contribution is 0.0170. The van der Waals surface area contributed by atoms with Crippen LogP contribution in [0.1, 0.15) is 22.7 Å². The third-order valence-electron chi connectivity index (χ3n) is 5.36. The first-order valence-corrected chi connectivity index (χ1v) is 10.3. The molecule has 162 valence electrons. The van der Waals surface area contributed by atoms with Crippen molar-refractivity contribution in [2.45, 2.75) is 19.5 Å². The van der Waals surface area contributed by atoms with Gasteiger partial charge in [0.2, 0.25) is 0 Å². The molecule has 0 amide bonds. The van der Waals surface area contributed by atoms with Crippen LogP contribution in [0.4, 0.5) is 4.39 Å². The molecule has 0 aromatic heterocycles. The minimum atomic E-state index is -0.224. The van der Waals surface area contributed by atoms with Gasteiger partial charge in [-0.15, -0.1) is 0 Å². The summed E-state index contributed by atoms with van der Waals surface area (Å²) in [4.78, 5) is 6.71. The number of nitrogens with zero attached hydrogens (tertiary/aromatic N) is 2. The second-order valence-corrected chi connectivity index (χ2v) is 7.33. The Morgan fingerprint density at radius 3 is 2.57 bits per heavy atom. The van der Waals surface area contributed by atoms with E-state index >= 15 is 0 Å². The van der Waals surface area contributed by atoms with E-state index in [0.29, 0.717) is 26.3 Å².